The highest BCUT2D eigenvalue weighted by atomic mass is 16.7. The molecule has 1 aromatic rings. The molecule has 0 saturated carbocycles. The third-order valence-corrected chi connectivity index (χ3v) is 7.70. The maximum absolute atomic E-state index is 12.4. The predicted molar refractivity (Wildman–Crippen MR) is 126 cm³/mol. The molecule has 0 spiro atoms. The van der Waals surface area contributed by atoms with Gasteiger partial charge in [0.15, 0.2) is 0 Å². The van der Waals surface area contributed by atoms with E-state index in [1.54, 1.807) is 0 Å². The van der Waals surface area contributed by atoms with Crippen molar-refractivity contribution in [3.63, 3.8) is 0 Å². The molecule has 0 aliphatic carbocycles. The van der Waals surface area contributed by atoms with E-state index >= 15 is 0 Å². The topological polar surface area (TPSA) is 63.2 Å². The maximum Gasteiger partial charge on any atom is 0.465 e. The fraction of sp³-hybridized carbons (Fsp3) is 0.708. The smallest absolute Gasteiger partial charge is 0.465 e. The normalized spacial score (nSPS) is 24.9. The molecule has 0 N–H and O–H groups in total. The van der Waals surface area contributed by atoms with Gasteiger partial charge in [-0.05, 0) is 67.4 Å². The molecule has 0 aromatic heterocycles. The van der Waals surface area contributed by atoms with E-state index in [9.17, 15) is 4.79 Å². The Morgan fingerprint density at radius 1 is 0.812 bits per heavy atom. The van der Waals surface area contributed by atoms with Gasteiger partial charge in [-0.25, -0.2) is 0 Å². The highest BCUT2D eigenvalue weighted by Gasteiger charge is 2.57. The van der Waals surface area contributed by atoms with Crippen molar-refractivity contribution in [3.8, 4) is 0 Å². The Bertz CT molecular complexity index is 776. The molecule has 32 heavy (non-hydrogen) atoms. The summed E-state index contributed by atoms with van der Waals surface area (Å²) < 4.78 is 30.6. The van der Waals surface area contributed by atoms with Crippen LogP contribution in [0.1, 0.15) is 79.6 Å². The third kappa shape index (κ3) is 4.93. The van der Waals surface area contributed by atoms with E-state index in [1.165, 1.54) is 7.11 Å². The molecule has 1 aromatic carbocycles. The van der Waals surface area contributed by atoms with Gasteiger partial charge in [-0.1, -0.05) is 30.3 Å². The number of esters is 1. The molecule has 2 aliphatic rings. The average molecular weight is 444 g/mol. The Hall–Kier alpha value is -1.34. The van der Waals surface area contributed by atoms with Gasteiger partial charge < -0.3 is 23.4 Å². The SMILES string of the molecule is COC(=O)CC(C[C@@H](B1OC(C)(C)C(C)(C)O1)c1ccccc1)B1OC(C)(C)C(C)(C)O1. The predicted octanol–water partition coefficient (Wildman–Crippen LogP) is 4.82. The number of ether oxygens (including phenoxy) is 1. The molecule has 6 nitrogen and oxygen atoms in total. The lowest BCUT2D eigenvalue weighted by Crippen LogP contribution is -2.41. The number of rotatable bonds is 7. The van der Waals surface area contributed by atoms with E-state index in [0.29, 0.717) is 6.42 Å². The lowest BCUT2D eigenvalue weighted by Gasteiger charge is -2.32. The minimum atomic E-state index is -0.535. The zero-order valence-corrected chi connectivity index (χ0v) is 21.1. The maximum atomic E-state index is 12.4. The Morgan fingerprint density at radius 2 is 1.25 bits per heavy atom. The largest absolute Gasteiger partial charge is 0.469 e. The number of hydrogen-bond donors (Lipinski definition) is 0. The van der Waals surface area contributed by atoms with Crippen LogP contribution in [0.15, 0.2) is 30.3 Å². The van der Waals surface area contributed by atoms with Gasteiger partial charge in [-0.15, -0.1) is 0 Å². The van der Waals surface area contributed by atoms with Crippen LogP contribution in [0, 0.1) is 0 Å². The van der Waals surface area contributed by atoms with Gasteiger partial charge in [0.25, 0.3) is 0 Å². The van der Waals surface area contributed by atoms with Crippen molar-refractivity contribution in [3.05, 3.63) is 35.9 Å². The van der Waals surface area contributed by atoms with Crippen LogP contribution in [-0.2, 0) is 28.1 Å². The second-order valence-corrected chi connectivity index (χ2v) is 11.0. The van der Waals surface area contributed by atoms with Gasteiger partial charge in [-0.3, -0.25) is 4.79 Å². The van der Waals surface area contributed by atoms with Crippen molar-refractivity contribution in [2.75, 3.05) is 7.11 Å². The summed E-state index contributed by atoms with van der Waals surface area (Å²) in [6.07, 6.45) is 0.781. The summed E-state index contributed by atoms with van der Waals surface area (Å²) in [6, 6.07) is 10.2. The van der Waals surface area contributed by atoms with Crippen molar-refractivity contribution in [1.29, 1.82) is 0 Å². The van der Waals surface area contributed by atoms with Crippen LogP contribution in [0.4, 0.5) is 0 Å². The number of methoxy groups -OCH3 is 1. The summed E-state index contributed by atoms with van der Waals surface area (Å²) in [5.74, 6) is -0.621. The van der Waals surface area contributed by atoms with E-state index < -0.39 is 36.6 Å². The summed E-state index contributed by atoms with van der Waals surface area (Å²) in [4.78, 5) is 12.4. The van der Waals surface area contributed by atoms with Crippen molar-refractivity contribution in [1.82, 2.24) is 0 Å². The molecule has 8 heteroatoms. The molecule has 0 bridgehead atoms. The van der Waals surface area contributed by atoms with Crippen molar-refractivity contribution < 1.29 is 28.1 Å². The molecule has 2 heterocycles. The molecule has 1 unspecified atom stereocenters. The summed E-state index contributed by atoms with van der Waals surface area (Å²) in [5.41, 5.74) is -0.783. The van der Waals surface area contributed by atoms with E-state index in [-0.39, 0.29) is 24.0 Å². The van der Waals surface area contributed by atoms with Gasteiger partial charge in [0.2, 0.25) is 0 Å². The highest BCUT2D eigenvalue weighted by Crippen LogP contribution is 2.47. The molecular weight excluding hydrogens is 406 g/mol. The number of carbonyl (C=O) groups is 1. The number of hydrogen-bond acceptors (Lipinski definition) is 6. The number of benzene rings is 1. The van der Waals surface area contributed by atoms with Crippen LogP contribution < -0.4 is 0 Å². The molecular formula is C24H38B2O6. The van der Waals surface area contributed by atoms with E-state index in [1.807, 2.05) is 45.9 Å². The summed E-state index contributed by atoms with van der Waals surface area (Å²) in [5, 5.41) is 0. The van der Waals surface area contributed by atoms with Crippen LogP contribution in [0.5, 0.6) is 0 Å². The highest BCUT2D eigenvalue weighted by molar-refractivity contribution is 6.50. The molecule has 0 amide bonds. The first kappa shape index (κ1) is 25.3. The Labute approximate surface area is 194 Å². The van der Waals surface area contributed by atoms with Gasteiger partial charge >= 0.3 is 20.2 Å². The number of carbonyl (C=O) groups excluding carboxylic acids is 1. The molecule has 0 radical (unpaired) electrons. The fourth-order valence-corrected chi connectivity index (χ4v) is 4.15. The van der Waals surface area contributed by atoms with Crippen LogP contribution in [0.2, 0.25) is 5.82 Å². The van der Waals surface area contributed by atoms with E-state index in [2.05, 4.69) is 39.8 Å². The zero-order chi connectivity index (χ0) is 23.9. The minimum absolute atomic E-state index is 0.106. The Kier molecular flexibility index (Phi) is 6.94. The average Bonchev–Trinajstić information content (AvgIpc) is 3.04. The van der Waals surface area contributed by atoms with Crippen LogP contribution >= 0.6 is 0 Å². The van der Waals surface area contributed by atoms with Gasteiger partial charge in [0.05, 0.1) is 29.5 Å². The monoisotopic (exact) mass is 444 g/mol. The zero-order valence-electron chi connectivity index (χ0n) is 21.1. The lowest BCUT2D eigenvalue weighted by molar-refractivity contribution is -0.140. The second-order valence-electron chi connectivity index (χ2n) is 11.0. The third-order valence-electron chi connectivity index (χ3n) is 7.70. The molecule has 2 saturated heterocycles. The standard InChI is InChI=1S/C24H38B2O6/c1-21(2)22(3,4)30-25(29-21)18(16-20(27)28-9)15-19(17-13-11-10-12-14-17)26-31-23(5,6)24(7,8)32-26/h10-14,18-19H,15-16H2,1-9H3/t18?,19-/m1/s1. The molecule has 2 aliphatic heterocycles. The van der Waals surface area contributed by atoms with Crippen LogP contribution in [0.3, 0.4) is 0 Å². The quantitative estimate of drug-likeness (QED) is 0.444. The first-order valence-electron chi connectivity index (χ1n) is 11.5. The minimum Gasteiger partial charge on any atom is -0.469 e. The van der Waals surface area contributed by atoms with Crippen molar-refractivity contribution >= 4 is 20.2 Å². The van der Waals surface area contributed by atoms with E-state index in [4.69, 9.17) is 23.4 Å². The first-order valence-corrected chi connectivity index (χ1v) is 11.5. The fourth-order valence-electron chi connectivity index (χ4n) is 4.15. The van der Waals surface area contributed by atoms with Crippen LogP contribution in [0.25, 0.3) is 0 Å². The molecule has 2 atom stereocenters. The van der Waals surface area contributed by atoms with Gasteiger partial charge in [0, 0.05) is 18.1 Å². The van der Waals surface area contributed by atoms with E-state index in [0.717, 1.165) is 5.56 Å². The molecule has 3 rings (SSSR count). The first-order chi connectivity index (χ1) is 14.7. The van der Waals surface area contributed by atoms with Crippen molar-refractivity contribution in [2.24, 2.45) is 0 Å². The summed E-state index contributed by atoms with van der Waals surface area (Å²) >= 11 is 0. The lowest BCUT2D eigenvalue weighted by atomic mass is 9.57. The van der Waals surface area contributed by atoms with Crippen molar-refractivity contribution in [2.45, 2.75) is 102 Å². The molecule has 2 fully saturated rings. The Morgan fingerprint density at radius 3 is 1.69 bits per heavy atom. The second kappa shape index (κ2) is 8.79. The summed E-state index contributed by atoms with van der Waals surface area (Å²) in [7, 11) is 0.421. The Balaban J connectivity index is 1.93. The molecule has 176 valence electrons. The van der Waals surface area contributed by atoms with Gasteiger partial charge in [-0.2, -0.15) is 0 Å². The van der Waals surface area contributed by atoms with Gasteiger partial charge in [0.1, 0.15) is 0 Å². The van der Waals surface area contributed by atoms with Crippen LogP contribution in [-0.4, -0.2) is 49.7 Å². The summed E-state index contributed by atoms with van der Waals surface area (Å²) in [6.45, 7) is 16.3.